The van der Waals surface area contributed by atoms with Crippen LogP contribution in [0.1, 0.15) is 5.01 Å². The van der Waals surface area contributed by atoms with Crippen molar-refractivity contribution in [1.29, 1.82) is 0 Å². The third-order valence-electron chi connectivity index (χ3n) is 4.47. The van der Waals surface area contributed by atoms with Gasteiger partial charge in [-0.2, -0.15) is 10.1 Å². The van der Waals surface area contributed by atoms with Crippen molar-refractivity contribution >= 4 is 28.3 Å². The molecule has 3 aromatic heterocycles. The van der Waals surface area contributed by atoms with Crippen molar-refractivity contribution < 1.29 is 0 Å². The van der Waals surface area contributed by atoms with Gasteiger partial charge in [0.05, 0.1) is 24.1 Å². The number of nitrogens with one attached hydrogen (secondary N) is 2. The first-order valence-electron chi connectivity index (χ1n) is 9.05. The van der Waals surface area contributed by atoms with Gasteiger partial charge in [0.1, 0.15) is 10.4 Å². The Bertz CT molecular complexity index is 1320. The number of aromatic nitrogens is 5. The quantitative estimate of drug-likeness (QED) is 0.468. The molecule has 0 spiro atoms. The van der Waals surface area contributed by atoms with E-state index in [1.165, 1.54) is 6.20 Å². The first-order chi connectivity index (χ1) is 14.3. The summed E-state index contributed by atoms with van der Waals surface area (Å²) in [6.45, 7) is 0.464. The Hall–Kier alpha value is -3.78. The summed E-state index contributed by atoms with van der Waals surface area (Å²) in [4.78, 5) is 24.4. The zero-order valence-corrected chi connectivity index (χ0v) is 16.1. The normalized spacial score (nSPS) is 11.0. The second-order valence-corrected chi connectivity index (χ2v) is 7.33. The standard InChI is InChI=1S/C21H16N6OS/c28-20-16-11-23-27(15-9-5-2-6-10-15)19(16)25-21(26-20)22-12-18-24-17(13-29-18)14-7-3-1-4-8-14/h1-11,13H,12H2,(H2,22,25,26,28). The van der Waals surface area contributed by atoms with Crippen molar-refractivity contribution in [2.24, 2.45) is 0 Å². The molecule has 29 heavy (non-hydrogen) atoms. The number of hydrogen-bond donors (Lipinski definition) is 2. The van der Waals surface area contributed by atoms with Crippen molar-refractivity contribution in [2.45, 2.75) is 6.54 Å². The summed E-state index contributed by atoms with van der Waals surface area (Å²) < 4.78 is 1.66. The van der Waals surface area contributed by atoms with E-state index >= 15 is 0 Å². The van der Waals surface area contributed by atoms with E-state index in [0.717, 1.165) is 22.0 Å². The summed E-state index contributed by atoms with van der Waals surface area (Å²) in [5, 5.41) is 10.9. The van der Waals surface area contributed by atoms with Gasteiger partial charge in [-0.1, -0.05) is 48.5 Å². The molecule has 0 saturated heterocycles. The zero-order chi connectivity index (χ0) is 19.6. The molecule has 0 unspecified atom stereocenters. The SMILES string of the molecule is O=c1[nH]c(NCc2nc(-c3ccccc3)cs2)nc2c1cnn2-c1ccccc1. The van der Waals surface area contributed by atoms with Crippen LogP contribution < -0.4 is 10.9 Å². The number of thiazole rings is 1. The molecule has 0 radical (unpaired) electrons. The van der Waals surface area contributed by atoms with Crippen molar-refractivity contribution in [1.82, 2.24) is 24.7 Å². The molecule has 0 aliphatic heterocycles. The fourth-order valence-electron chi connectivity index (χ4n) is 3.05. The Morgan fingerprint density at radius 1 is 1.00 bits per heavy atom. The van der Waals surface area contributed by atoms with Crippen LogP contribution in [-0.2, 0) is 6.54 Å². The van der Waals surface area contributed by atoms with Crippen LogP contribution in [0.3, 0.4) is 0 Å². The van der Waals surface area contributed by atoms with Gasteiger partial charge in [0.2, 0.25) is 5.95 Å². The van der Waals surface area contributed by atoms with Crippen LogP contribution in [0.15, 0.2) is 77.0 Å². The molecule has 3 heterocycles. The summed E-state index contributed by atoms with van der Waals surface area (Å²) >= 11 is 1.56. The van der Waals surface area contributed by atoms with E-state index in [-0.39, 0.29) is 5.56 Å². The summed E-state index contributed by atoms with van der Waals surface area (Å²) in [6.07, 6.45) is 1.53. The van der Waals surface area contributed by atoms with Gasteiger partial charge >= 0.3 is 0 Å². The second kappa shape index (κ2) is 7.33. The predicted molar refractivity (Wildman–Crippen MR) is 114 cm³/mol. The van der Waals surface area contributed by atoms with E-state index < -0.39 is 0 Å². The van der Waals surface area contributed by atoms with E-state index in [1.54, 1.807) is 16.0 Å². The van der Waals surface area contributed by atoms with Gasteiger partial charge in [-0.3, -0.25) is 9.78 Å². The lowest BCUT2D eigenvalue weighted by atomic mass is 10.2. The lowest BCUT2D eigenvalue weighted by Gasteiger charge is -2.05. The highest BCUT2D eigenvalue weighted by Crippen LogP contribution is 2.22. The minimum absolute atomic E-state index is 0.233. The van der Waals surface area contributed by atoms with Gasteiger partial charge in [0.15, 0.2) is 5.65 Å². The molecule has 0 aliphatic rings. The Morgan fingerprint density at radius 3 is 2.55 bits per heavy atom. The molecule has 0 saturated carbocycles. The maximum atomic E-state index is 12.4. The monoisotopic (exact) mass is 400 g/mol. The van der Waals surface area contributed by atoms with E-state index in [0.29, 0.717) is 23.5 Å². The van der Waals surface area contributed by atoms with Crippen LogP contribution in [-0.4, -0.2) is 24.7 Å². The largest absolute Gasteiger partial charge is 0.349 e. The maximum Gasteiger partial charge on any atom is 0.263 e. The fraction of sp³-hybridized carbons (Fsp3) is 0.0476. The maximum absolute atomic E-state index is 12.4. The fourth-order valence-corrected chi connectivity index (χ4v) is 3.80. The van der Waals surface area contributed by atoms with Crippen molar-refractivity contribution in [3.8, 4) is 16.9 Å². The Balaban J connectivity index is 1.41. The van der Waals surface area contributed by atoms with Crippen LogP contribution in [0.2, 0.25) is 0 Å². The zero-order valence-electron chi connectivity index (χ0n) is 15.2. The number of nitrogens with zero attached hydrogens (tertiary/aromatic N) is 4. The summed E-state index contributed by atoms with van der Waals surface area (Å²) in [5.41, 5.74) is 3.13. The smallest absolute Gasteiger partial charge is 0.263 e. The molecule has 0 atom stereocenters. The lowest BCUT2D eigenvalue weighted by Crippen LogP contribution is -2.13. The number of aromatic amines is 1. The van der Waals surface area contributed by atoms with Gasteiger partial charge < -0.3 is 5.32 Å². The number of hydrogen-bond acceptors (Lipinski definition) is 6. The number of anilines is 1. The van der Waals surface area contributed by atoms with Crippen molar-refractivity contribution in [2.75, 3.05) is 5.32 Å². The topological polar surface area (TPSA) is 88.5 Å². The summed E-state index contributed by atoms with van der Waals surface area (Å²) in [5.74, 6) is 0.386. The van der Waals surface area contributed by atoms with Gasteiger partial charge in [0.25, 0.3) is 5.56 Å². The highest BCUT2D eigenvalue weighted by atomic mass is 32.1. The minimum Gasteiger partial charge on any atom is -0.349 e. The first-order valence-corrected chi connectivity index (χ1v) is 9.93. The molecular formula is C21H16N6OS. The van der Waals surface area contributed by atoms with Gasteiger partial charge in [-0.05, 0) is 12.1 Å². The molecule has 0 bridgehead atoms. The molecule has 5 aromatic rings. The minimum atomic E-state index is -0.233. The number of fused-ring (bicyclic) bond motifs is 1. The molecule has 5 rings (SSSR count). The molecule has 2 N–H and O–H groups in total. The van der Waals surface area contributed by atoms with E-state index in [4.69, 9.17) is 0 Å². The molecular weight excluding hydrogens is 384 g/mol. The molecule has 7 nitrogen and oxygen atoms in total. The van der Waals surface area contributed by atoms with Crippen LogP contribution >= 0.6 is 11.3 Å². The number of rotatable bonds is 5. The van der Waals surface area contributed by atoms with Gasteiger partial charge in [-0.15, -0.1) is 11.3 Å². The highest BCUT2D eigenvalue weighted by molar-refractivity contribution is 7.09. The van der Waals surface area contributed by atoms with Crippen LogP contribution in [0.4, 0.5) is 5.95 Å². The average Bonchev–Trinajstić information content (AvgIpc) is 3.41. The second-order valence-electron chi connectivity index (χ2n) is 6.39. The number of para-hydroxylation sites is 1. The molecule has 8 heteroatoms. The van der Waals surface area contributed by atoms with Crippen LogP contribution in [0.25, 0.3) is 28.0 Å². The molecule has 0 fully saturated rings. The van der Waals surface area contributed by atoms with Crippen LogP contribution in [0.5, 0.6) is 0 Å². The van der Waals surface area contributed by atoms with E-state index in [1.807, 2.05) is 66.0 Å². The first kappa shape index (κ1) is 17.3. The summed E-state index contributed by atoms with van der Waals surface area (Å²) in [7, 11) is 0. The Labute approximate surface area is 169 Å². The molecule has 0 amide bonds. The molecule has 142 valence electrons. The predicted octanol–water partition coefficient (Wildman–Crippen LogP) is 3.84. The number of H-pyrrole nitrogens is 1. The molecule has 0 aliphatic carbocycles. The third-order valence-corrected chi connectivity index (χ3v) is 5.32. The van der Waals surface area contributed by atoms with Gasteiger partial charge in [-0.25, -0.2) is 9.67 Å². The van der Waals surface area contributed by atoms with E-state index in [9.17, 15) is 4.79 Å². The van der Waals surface area contributed by atoms with Gasteiger partial charge in [0, 0.05) is 10.9 Å². The van der Waals surface area contributed by atoms with E-state index in [2.05, 4.69) is 25.4 Å². The van der Waals surface area contributed by atoms with Crippen LogP contribution in [0, 0.1) is 0 Å². The Kier molecular flexibility index (Phi) is 4.38. The highest BCUT2D eigenvalue weighted by Gasteiger charge is 2.12. The lowest BCUT2D eigenvalue weighted by molar-refractivity contribution is 0.893. The number of benzene rings is 2. The Morgan fingerprint density at radius 2 is 1.76 bits per heavy atom. The molecule has 2 aromatic carbocycles. The third kappa shape index (κ3) is 3.41. The summed E-state index contributed by atoms with van der Waals surface area (Å²) in [6, 6.07) is 19.6. The van der Waals surface area contributed by atoms with Crippen molar-refractivity contribution in [3.05, 3.63) is 87.6 Å². The van der Waals surface area contributed by atoms with Crippen molar-refractivity contribution in [3.63, 3.8) is 0 Å². The average molecular weight is 400 g/mol.